The highest BCUT2D eigenvalue weighted by atomic mass is 35.5. The van der Waals surface area contributed by atoms with E-state index >= 15 is 0 Å². The monoisotopic (exact) mass is 525 g/mol. The highest BCUT2D eigenvalue weighted by Crippen LogP contribution is 2.34. The fourth-order valence-corrected chi connectivity index (χ4v) is 5.03. The first kappa shape index (κ1) is 24.3. The van der Waals surface area contributed by atoms with Crippen molar-refractivity contribution in [1.82, 2.24) is 24.9 Å². The molecule has 2 atom stereocenters. The summed E-state index contributed by atoms with van der Waals surface area (Å²) in [6.45, 7) is 7.37. The number of hydrogen-bond acceptors (Lipinski definition) is 10. The summed E-state index contributed by atoms with van der Waals surface area (Å²) >= 11 is 7.41. The summed E-state index contributed by atoms with van der Waals surface area (Å²) in [6, 6.07) is 3.64. The number of fused-ring (bicyclic) bond motifs is 1. The van der Waals surface area contributed by atoms with Gasteiger partial charge in [0.1, 0.15) is 16.7 Å². The summed E-state index contributed by atoms with van der Waals surface area (Å²) in [5.74, 6) is 0.882. The summed E-state index contributed by atoms with van der Waals surface area (Å²) in [7, 11) is 1.54. The van der Waals surface area contributed by atoms with Crippen LogP contribution in [0.1, 0.15) is 29.9 Å². The molecule has 1 N–H and O–H groups in total. The molecule has 0 bridgehead atoms. The van der Waals surface area contributed by atoms with E-state index in [-0.39, 0.29) is 23.2 Å². The summed E-state index contributed by atoms with van der Waals surface area (Å²) in [5, 5.41) is 3.55. The largest absolute Gasteiger partial charge is 0.494 e. The zero-order valence-corrected chi connectivity index (χ0v) is 21.7. The number of morpholine rings is 1. The second-order valence-electron chi connectivity index (χ2n) is 8.42. The van der Waals surface area contributed by atoms with Gasteiger partial charge in [-0.05, 0) is 32.9 Å². The molecule has 0 spiro atoms. The minimum Gasteiger partial charge on any atom is -0.494 e. The Morgan fingerprint density at radius 1 is 1.17 bits per heavy atom. The van der Waals surface area contributed by atoms with E-state index in [4.69, 9.17) is 26.1 Å². The number of hydrogen-bond donors (Lipinski definition) is 1. The molecular weight excluding hydrogens is 502 g/mol. The van der Waals surface area contributed by atoms with Crippen molar-refractivity contribution in [2.45, 2.75) is 32.9 Å². The van der Waals surface area contributed by atoms with Gasteiger partial charge < -0.3 is 14.4 Å². The molecule has 1 aliphatic rings. The second-order valence-corrected chi connectivity index (χ2v) is 9.78. The van der Waals surface area contributed by atoms with E-state index in [0.29, 0.717) is 44.7 Å². The van der Waals surface area contributed by atoms with Crippen molar-refractivity contribution in [2.75, 3.05) is 30.5 Å². The van der Waals surface area contributed by atoms with Crippen LogP contribution in [0.2, 0.25) is 5.15 Å². The molecule has 4 aromatic rings. The van der Waals surface area contributed by atoms with Crippen LogP contribution in [0.15, 0.2) is 30.7 Å². The predicted molar refractivity (Wildman–Crippen MR) is 139 cm³/mol. The average Bonchev–Trinajstić information content (AvgIpc) is 3.27. The Morgan fingerprint density at radius 3 is 2.81 bits per heavy atom. The Hall–Kier alpha value is -3.41. The van der Waals surface area contributed by atoms with Gasteiger partial charge in [-0.15, -0.1) is 0 Å². The third kappa shape index (κ3) is 4.69. The Bertz CT molecular complexity index is 1450. The lowest BCUT2D eigenvalue weighted by Crippen LogP contribution is -2.49. The van der Waals surface area contributed by atoms with Gasteiger partial charge in [-0.2, -0.15) is 4.98 Å². The maximum atomic E-state index is 13.3. The second kappa shape index (κ2) is 9.92. The molecule has 1 saturated heterocycles. The quantitative estimate of drug-likeness (QED) is 0.379. The smallest absolute Gasteiger partial charge is 0.259 e. The van der Waals surface area contributed by atoms with Crippen molar-refractivity contribution in [3.8, 4) is 16.9 Å². The van der Waals surface area contributed by atoms with Gasteiger partial charge in [0.25, 0.3) is 5.91 Å². The summed E-state index contributed by atoms with van der Waals surface area (Å²) in [4.78, 5) is 38.2. The van der Waals surface area contributed by atoms with Crippen LogP contribution < -0.4 is 15.0 Å². The third-order valence-electron chi connectivity index (χ3n) is 6.14. The Balaban J connectivity index is 1.45. The number of aromatic nitrogens is 5. The number of carbonyl (C=O) groups excluding carboxylic acids is 1. The fraction of sp³-hybridized carbons (Fsp3) is 0.333. The zero-order chi connectivity index (χ0) is 25.4. The number of rotatable bonds is 5. The lowest BCUT2D eigenvalue weighted by atomic mass is 10.0. The molecule has 5 heterocycles. The van der Waals surface area contributed by atoms with Crippen LogP contribution in [0.25, 0.3) is 21.6 Å². The van der Waals surface area contributed by atoms with Crippen LogP contribution >= 0.6 is 22.9 Å². The number of methoxy groups -OCH3 is 1. The highest BCUT2D eigenvalue weighted by Gasteiger charge is 2.27. The van der Waals surface area contributed by atoms with Crippen molar-refractivity contribution in [1.29, 1.82) is 0 Å². The molecule has 0 unspecified atom stereocenters. The Labute approximate surface area is 216 Å². The number of pyridine rings is 2. The summed E-state index contributed by atoms with van der Waals surface area (Å²) in [6.07, 6.45) is 4.85. The van der Waals surface area contributed by atoms with Gasteiger partial charge in [0.05, 0.1) is 43.8 Å². The van der Waals surface area contributed by atoms with Crippen molar-refractivity contribution < 1.29 is 14.3 Å². The molecule has 1 fully saturated rings. The lowest BCUT2D eigenvalue weighted by molar-refractivity contribution is 0.0281. The summed E-state index contributed by atoms with van der Waals surface area (Å²) < 4.78 is 11.2. The maximum absolute atomic E-state index is 13.3. The molecule has 1 amide bonds. The normalized spacial score (nSPS) is 17.9. The maximum Gasteiger partial charge on any atom is 0.259 e. The minimum absolute atomic E-state index is 0.0961. The van der Waals surface area contributed by atoms with E-state index in [0.717, 1.165) is 18.1 Å². The number of amides is 1. The van der Waals surface area contributed by atoms with Crippen LogP contribution in [-0.4, -0.2) is 63.2 Å². The molecule has 0 saturated carbocycles. The molecule has 186 valence electrons. The van der Waals surface area contributed by atoms with Gasteiger partial charge in [0.15, 0.2) is 15.6 Å². The van der Waals surface area contributed by atoms with E-state index in [9.17, 15) is 4.79 Å². The number of carbonyl (C=O) groups is 1. The molecule has 4 aromatic heterocycles. The Morgan fingerprint density at radius 2 is 2.00 bits per heavy atom. The lowest BCUT2D eigenvalue weighted by Gasteiger charge is -2.38. The van der Waals surface area contributed by atoms with Gasteiger partial charge in [0.2, 0.25) is 0 Å². The molecule has 0 aromatic carbocycles. The van der Waals surface area contributed by atoms with E-state index in [1.165, 1.54) is 30.8 Å². The molecule has 0 aliphatic carbocycles. The number of nitrogens with zero attached hydrogens (tertiary/aromatic N) is 6. The zero-order valence-electron chi connectivity index (χ0n) is 20.1. The van der Waals surface area contributed by atoms with Gasteiger partial charge in [-0.1, -0.05) is 22.9 Å². The molecule has 5 rings (SSSR count). The standard InChI is InChI=1S/C24H24ClN7O3S/c1-12-7-15(16-8-19(25)27-10-18(16)34-4)17(9-26-12)22(33)31-24-30-21-23(36-24)29-20(11-28-21)32-5-6-35-14(3)13(32)2/h7-11,13-14H,5-6H2,1-4H3,(H,28,30,31,33)/t13-,14-/m1/s1. The van der Waals surface area contributed by atoms with Crippen LogP contribution in [0.3, 0.4) is 0 Å². The van der Waals surface area contributed by atoms with Crippen LogP contribution in [0, 0.1) is 6.92 Å². The van der Waals surface area contributed by atoms with Gasteiger partial charge >= 0.3 is 0 Å². The number of anilines is 2. The van der Waals surface area contributed by atoms with Crippen LogP contribution in [-0.2, 0) is 4.74 Å². The number of nitrogens with one attached hydrogen (secondary N) is 1. The predicted octanol–water partition coefficient (Wildman–Crippen LogP) is 4.38. The Kier molecular flexibility index (Phi) is 6.69. The van der Waals surface area contributed by atoms with Gasteiger partial charge in [0, 0.05) is 29.6 Å². The van der Waals surface area contributed by atoms with E-state index < -0.39 is 0 Å². The van der Waals surface area contributed by atoms with Crippen molar-refractivity contribution in [3.63, 3.8) is 0 Å². The van der Waals surface area contributed by atoms with Gasteiger partial charge in [-0.3, -0.25) is 15.1 Å². The average molecular weight is 526 g/mol. The van der Waals surface area contributed by atoms with Crippen LogP contribution in [0.5, 0.6) is 5.75 Å². The molecule has 0 radical (unpaired) electrons. The van der Waals surface area contributed by atoms with E-state index in [1.54, 1.807) is 18.3 Å². The topological polar surface area (TPSA) is 115 Å². The minimum atomic E-state index is -0.373. The molecule has 10 nitrogen and oxygen atoms in total. The third-order valence-corrected chi connectivity index (χ3v) is 7.20. The van der Waals surface area contributed by atoms with E-state index in [1.807, 2.05) is 13.8 Å². The fourth-order valence-electron chi connectivity index (χ4n) is 4.08. The molecule has 12 heteroatoms. The first-order valence-electron chi connectivity index (χ1n) is 11.3. The van der Waals surface area contributed by atoms with Crippen molar-refractivity contribution >= 4 is 50.3 Å². The highest BCUT2D eigenvalue weighted by molar-refractivity contribution is 7.21. The number of aryl methyl sites for hydroxylation is 1. The van der Waals surface area contributed by atoms with Crippen LogP contribution in [0.4, 0.5) is 10.9 Å². The molecule has 36 heavy (non-hydrogen) atoms. The number of ether oxygens (including phenoxy) is 2. The number of halogens is 1. The SMILES string of the molecule is COc1cnc(Cl)cc1-c1cc(C)ncc1C(=O)Nc1nc2ncc(N3CCO[C@H](C)[C@H]3C)nc2s1. The summed E-state index contributed by atoms with van der Waals surface area (Å²) in [5.41, 5.74) is 2.82. The van der Waals surface area contributed by atoms with Crippen molar-refractivity contribution in [2.24, 2.45) is 0 Å². The van der Waals surface area contributed by atoms with E-state index in [2.05, 4.69) is 37.1 Å². The first-order chi connectivity index (χ1) is 17.3. The first-order valence-corrected chi connectivity index (χ1v) is 12.5. The molecule has 1 aliphatic heterocycles. The van der Waals surface area contributed by atoms with Crippen molar-refractivity contribution in [3.05, 3.63) is 47.1 Å². The van der Waals surface area contributed by atoms with Gasteiger partial charge in [-0.25, -0.2) is 15.0 Å². The molecular formula is C24H24ClN7O3S. The number of thiazole rings is 1.